The van der Waals surface area contributed by atoms with Gasteiger partial charge in [-0.2, -0.15) is 0 Å². The summed E-state index contributed by atoms with van der Waals surface area (Å²) in [5.74, 6) is 0. The Labute approximate surface area is 91.3 Å². The largest absolute Gasteiger partial charge is 0.324 e. The van der Waals surface area contributed by atoms with Crippen LogP contribution in [0.25, 0.3) is 0 Å². The molecule has 2 heteroatoms. The van der Waals surface area contributed by atoms with Crippen LogP contribution in [-0.4, -0.2) is 0 Å². The Hall–Kier alpha value is -0.530. The third kappa shape index (κ3) is 2.28. The van der Waals surface area contributed by atoms with Crippen molar-refractivity contribution in [3.05, 3.63) is 33.8 Å². The van der Waals surface area contributed by atoms with Crippen LogP contribution in [0.2, 0.25) is 5.02 Å². The summed E-state index contributed by atoms with van der Waals surface area (Å²) in [5, 5.41) is 0.916. The first-order valence-corrected chi connectivity index (χ1v) is 5.54. The summed E-state index contributed by atoms with van der Waals surface area (Å²) in [4.78, 5) is 0. The molecule has 0 radical (unpaired) electrons. The van der Waals surface area contributed by atoms with E-state index in [1.54, 1.807) is 0 Å². The van der Waals surface area contributed by atoms with Crippen LogP contribution in [0.15, 0.2) is 12.1 Å². The van der Waals surface area contributed by atoms with Gasteiger partial charge >= 0.3 is 0 Å². The molecule has 0 bridgehead atoms. The van der Waals surface area contributed by atoms with Gasteiger partial charge in [-0.3, -0.25) is 0 Å². The monoisotopic (exact) mass is 211 g/mol. The van der Waals surface area contributed by atoms with E-state index in [2.05, 4.69) is 26.0 Å². The van der Waals surface area contributed by atoms with Gasteiger partial charge in [0.05, 0.1) is 0 Å². The highest BCUT2D eigenvalue weighted by atomic mass is 35.5. The summed E-state index contributed by atoms with van der Waals surface area (Å²) in [6.45, 7) is 6.24. The molecule has 0 saturated heterocycles. The molecule has 1 rings (SSSR count). The molecule has 0 aliphatic rings. The average Bonchev–Trinajstić information content (AvgIpc) is 2.17. The standard InChI is InChI=1S/C12H18ClN/c1-4-9-6-11(8(3)14)7-10(5-2)12(9)13/h6-8H,4-5,14H2,1-3H3. The zero-order valence-corrected chi connectivity index (χ0v) is 9.86. The highest BCUT2D eigenvalue weighted by Crippen LogP contribution is 2.26. The van der Waals surface area contributed by atoms with Crippen molar-refractivity contribution >= 4 is 11.6 Å². The fourth-order valence-corrected chi connectivity index (χ4v) is 1.93. The predicted octanol–water partition coefficient (Wildman–Crippen LogP) is 3.48. The molecule has 1 aromatic rings. The highest BCUT2D eigenvalue weighted by Gasteiger charge is 2.08. The van der Waals surface area contributed by atoms with Gasteiger partial charge < -0.3 is 5.73 Å². The number of rotatable bonds is 3. The quantitative estimate of drug-likeness (QED) is 0.814. The summed E-state index contributed by atoms with van der Waals surface area (Å²) in [6, 6.07) is 4.32. The molecule has 0 heterocycles. The molecular weight excluding hydrogens is 194 g/mol. The van der Waals surface area contributed by atoms with Crippen LogP contribution < -0.4 is 5.73 Å². The molecule has 1 atom stereocenters. The number of benzene rings is 1. The van der Waals surface area contributed by atoms with Crippen molar-refractivity contribution in [1.82, 2.24) is 0 Å². The van der Waals surface area contributed by atoms with Gasteiger partial charge in [-0.1, -0.05) is 37.6 Å². The van der Waals surface area contributed by atoms with E-state index in [1.807, 2.05) is 6.92 Å². The summed E-state index contributed by atoms with van der Waals surface area (Å²) >= 11 is 6.24. The third-order valence-electron chi connectivity index (χ3n) is 2.53. The average molecular weight is 212 g/mol. The maximum Gasteiger partial charge on any atom is 0.0469 e. The Morgan fingerprint density at radius 2 is 1.64 bits per heavy atom. The minimum absolute atomic E-state index is 0.0860. The zero-order valence-electron chi connectivity index (χ0n) is 9.10. The number of nitrogens with two attached hydrogens (primary N) is 1. The van der Waals surface area contributed by atoms with E-state index < -0.39 is 0 Å². The second kappa shape index (κ2) is 4.81. The Balaban J connectivity index is 3.25. The zero-order chi connectivity index (χ0) is 10.7. The lowest BCUT2D eigenvalue weighted by Gasteiger charge is -2.13. The van der Waals surface area contributed by atoms with Crippen molar-refractivity contribution < 1.29 is 0 Å². The minimum Gasteiger partial charge on any atom is -0.324 e. The molecule has 0 spiro atoms. The van der Waals surface area contributed by atoms with Gasteiger partial charge in [-0.05, 0) is 36.5 Å². The fourth-order valence-electron chi connectivity index (χ4n) is 1.55. The van der Waals surface area contributed by atoms with Crippen LogP contribution in [0, 0.1) is 0 Å². The van der Waals surface area contributed by atoms with Crippen LogP contribution in [0.5, 0.6) is 0 Å². The van der Waals surface area contributed by atoms with Gasteiger partial charge in [-0.25, -0.2) is 0 Å². The Bertz CT molecular complexity index is 293. The third-order valence-corrected chi connectivity index (χ3v) is 3.02. The van der Waals surface area contributed by atoms with Gasteiger partial charge in [0, 0.05) is 11.1 Å². The second-order valence-electron chi connectivity index (χ2n) is 3.65. The molecular formula is C12H18ClN. The summed E-state index contributed by atoms with van der Waals surface area (Å²) < 4.78 is 0. The van der Waals surface area contributed by atoms with Gasteiger partial charge in [0.15, 0.2) is 0 Å². The van der Waals surface area contributed by atoms with E-state index in [-0.39, 0.29) is 6.04 Å². The number of aryl methyl sites for hydroxylation is 2. The van der Waals surface area contributed by atoms with Crippen LogP contribution >= 0.6 is 11.6 Å². The maximum atomic E-state index is 6.24. The molecule has 78 valence electrons. The minimum atomic E-state index is 0.0860. The predicted molar refractivity (Wildman–Crippen MR) is 62.8 cm³/mol. The molecule has 0 aliphatic carbocycles. The normalized spacial score (nSPS) is 12.9. The molecule has 1 unspecified atom stereocenters. The lowest BCUT2D eigenvalue weighted by molar-refractivity contribution is 0.812. The van der Waals surface area contributed by atoms with E-state index >= 15 is 0 Å². The lowest BCUT2D eigenvalue weighted by atomic mass is 9.99. The SMILES string of the molecule is CCc1cc(C(C)N)cc(CC)c1Cl. The first-order valence-electron chi connectivity index (χ1n) is 5.16. The van der Waals surface area contributed by atoms with Gasteiger partial charge in [0.1, 0.15) is 0 Å². The topological polar surface area (TPSA) is 26.0 Å². The van der Waals surface area contributed by atoms with E-state index in [9.17, 15) is 0 Å². The van der Waals surface area contributed by atoms with Crippen molar-refractivity contribution in [3.8, 4) is 0 Å². The van der Waals surface area contributed by atoms with E-state index in [4.69, 9.17) is 17.3 Å². The summed E-state index contributed by atoms with van der Waals surface area (Å²) in [6.07, 6.45) is 1.93. The second-order valence-corrected chi connectivity index (χ2v) is 4.03. The smallest absolute Gasteiger partial charge is 0.0469 e. The number of halogens is 1. The molecule has 0 aliphatic heterocycles. The van der Waals surface area contributed by atoms with Crippen LogP contribution in [0.1, 0.15) is 43.5 Å². The highest BCUT2D eigenvalue weighted by molar-refractivity contribution is 6.32. The van der Waals surface area contributed by atoms with E-state index in [1.165, 1.54) is 16.7 Å². The van der Waals surface area contributed by atoms with Crippen molar-refractivity contribution in [2.24, 2.45) is 5.73 Å². The fraction of sp³-hybridized carbons (Fsp3) is 0.500. The molecule has 0 aromatic heterocycles. The van der Waals surface area contributed by atoms with Gasteiger partial charge in [0.2, 0.25) is 0 Å². The Kier molecular flexibility index (Phi) is 3.97. The molecule has 2 N–H and O–H groups in total. The lowest BCUT2D eigenvalue weighted by Crippen LogP contribution is -2.06. The first-order chi connectivity index (χ1) is 6.60. The first kappa shape index (κ1) is 11.5. The Morgan fingerprint density at radius 3 is 1.93 bits per heavy atom. The van der Waals surface area contributed by atoms with Crippen molar-refractivity contribution in [3.63, 3.8) is 0 Å². The number of hydrogen-bond acceptors (Lipinski definition) is 1. The van der Waals surface area contributed by atoms with Crippen molar-refractivity contribution in [2.75, 3.05) is 0 Å². The van der Waals surface area contributed by atoms with E-state index in [0.29, 0.717) is 0 Å². The Morgan fingerprint density at radius 1 is 1.21 bits per heavy atom. The summed E-state index contributed by atoms with van der Waals surface area (Å²) in [5.41, 5.74) is 9.46. The maximum absolute atomic E-state index is 6.24. The summed E-state index contributed by atoms with van der Waals surface area (Å²) in [7, 11) is 0. The van der Waals surface area contributed by atoms with Crippen molar-refractivity contribution in [1.29, 1.82) is 0 Å². The van der Waals surface area contributed by atoms with Crippen LogP contribution in [-0.2, 0) is 12.8 Å². The van der Waals surface area contributed by atoms with Gasteiger partial charge in [0.25, 0.3) is 0 Å². The molecule has 0 fully saturated rings. The van der Waals surface area contributed by atoms with Gasteiger partial charge in [-0.15, -0.1) is 0 Å². The van der Waals surface area contributed by atoms with Crippen molar-refractivity contribution in [2.45, 2.75) is 39.7 Å². The molecule has 0 saturated carbocycles. The van der Waals surface area contributed by atoms with E-state index in [0.717, 1.165) is 17.9 Å². The molecule has 0 amide bonds. The molecule has 1 aromatic carbocycles. The van der Waals surface area contributed by atoms with Crippen LogP contribution in [0.3, 0.4) is 0 Å². The van der Waals surface area contributed by atoms with Crippen LogP contribution in [0.4, 0.5) is 0 Å². The molecule has 14 heavy (non-hydrogen) atoms. The molecule has 1 nitrogen and oxygen atoms in total. The number of hydrogen-bond donors (Lipinski definition) is 1.